The molecule has 17 heteroatoms. The van der Waals surface area contributed by atoms with Gasteiger partial charge in [-0.3, -0.25) is 15.0 Å². The van der Waals surface area contributed by atoms with Gasteiger partial charge in [0.25, 0.3) is 0 Å². The molecular formula is C84H75Cu2N12P3. The van der Waals surface area contributed by atoms with Gasteiger partial charge >= 0.3 is 0 Å². The van der Waals surface area contributed by atoms with Gasteiger partial charge < -0.3 is 0 Å². The van der Waals surface area contributed by atoms with E-state index in [1.165, 1.54) is 65.2 Å². The molecule has 15 aromatic rings. The maximum Gasteiger partial charge on any atom is 0.0830 e. The molecule has 0 spiro atoms. The fraction of sp³-hybridized carbons (Fsp3) is 0.107. The normalized spacial score (nSPS) is 10.8. The molecule has 0 fully saturated rings. The third kappa shape index (κ3) is 21.1. The molecule has 0 saturated heterocycles. The van der Waals surface area contributed by atoms with Crippen molar-refractivity contribution in [1.82, 2.24) is 59.9 Å². The Bertz CT molecular complexity index is 4250. The Hall–Kier alpha value is -9.82. The molecule has 12 nitrogen and oxygen atoms in total. The van der Waals surface area contributed by atoms with E-state index in [2.05, 4.69) is 304 Å². The molecule has 6 aromatic heterocycles. The molecular weight excluding hydrogens is 1400 g/mol. The molecule has 0 aliphatic carbocycles. The summed E-state index contributed by atoms with van der Waals surface area (Å²) in [7, 11) is -2.08. The molecule has 0 amide bonds. The van der Waals surface area contributed by atoms with Crippen LogP contribution in [-0.2, 0) is 92.3 Å². The van der Waals surface area contributed by atoms with Gasteiger partial charge in [-0.25, -0.2) is 14.0 Å². The van der Waals surface area contributed by atoms with Crippen molar-refractivity contribution < 1.29 is 34.1 Å². The number of nitrogens with zero attached hydrogens (tertiary/aromatic N) is 12. The van der Waals surface area contributed by atoms with Crippen LogP contribution in [0.1, 0.15) is 50.5 Å². The van der Waals surface area contributed by atoms with E-state index in [0.29, 0.717) is 0 Å². The molecule has 0 aliphatic rings. The zero-order valence-corrected chi connectivity index (χ0v) is 60.2. The third-order valence-electron chi connectivity index (χ3n) is 16.5. The second-order valence-electron chi connectivity index (χ2n) is 23.8. The molecule has 0 bridgehead atoms. The summed E-state index contributed by atoms with van der Waals surface area (Å²) in [4.78, 5) is 14.4. The number of rotatable bonds is 24. The second kappa shape index (κ2) is 38.1. The summed E-state index contributed by atoms with van der Waals surface area (Å²) in [5.41, 5.74) is 13.9. The molecule has 0 unspecified atom stereocenters. The van der Waals surface area contributed by atoms with Crippen LogP contribution in [0.25, 0.3) is 0 Å². The predicted octanol–water partition coefficient (Wildman–Crippen LogP) is 12.8. The molecule has 0 saturated carbocycles. The molecule has 6 heterocycles. The van der Waals surface area contributed by atoms with E-state index in [-0.39, 0.29) is 34.1 Å². The van der Waals surface area contributed by atoms with Crippen molar-refractivity contribution in [3.8, 4) is 0 Å². The number of benzene rings is 9. The summed E-state index contributed by atoms with van der Waals surface area (Å²) in [6.07, 6.45) is 17.3. The number of hydrogen-bond acceptors (Lipinski definition) is 9. The van der Waals surface area contributed by atoms with Crippen molar-refractivity contribution in [2.24, 2.45) is 0 Å². The minimum Gasteiger partial charge on any atom is -0.256 e. The average Bonchev–Trinajstić information content (AvgIpc) is 1.06. The smallest absolute Gasteiger partial charge is 0.0830 e. The monoisotopic (exact) mass is 1470 g/mol. The van der Waals surface area contributed by atoms with Crippen LogP contribution >= 0.6 is 23.8 Å². The second-order valence-corrected chi connectivity index (χ2v) is 30.3. The quantitative estimate of drug-likeness (QED) is 0.0429. The van der Waals surface area contributed by atoms with E-state index in [4.69, 9.17) is 15.0 Å². The van der Waals surface area contributed by atoms with Gasteiger partial charge in [0.05, 0.1) is 53.0 Å². The Morgan fingerprint density at radius 3 is 0.653 bits per heavy atom. The van der Waals surface area contributed by atoms with E-state index in [9.17, 15) is 0 Å². The third-order valence-corrected chi connectivity index (χ3v) is 23.5. The Kier molecular flexibility index (Phi) is 27.3. The minimum absolute atomic E-state index is 0. The van der Waals surface area contributed by atoms with E-state index in [0.717, 1.165) is 91.5 Å². The van der Waals surface area contributed by atoms with Crippen molar-refractivity contribution in [3.05, 3.63) is 397 Å². The van der Waals surface area contributed by atoms with Crippen LogP contribution in [0.4, 0.5) is 0 Å². The van der Waals surface area contributed by atoms with Crippen molar-refractivity contribution >= 4 is 71.9 Å². The summed E-state index contributed by atoms with van der Waals surface area (Å²) >= 11 is 0. The summed E-state index contributed by atoms with van der Waals surface area (Å²) in [6.45, 7) is 2.23. The number of hydrogen-bond donors (Lipinski definition) is 0. The van der Waals surface area contributed by atoms with Crippen LogP contribution in [0.2, 0.25) is 0 Å². The first-order valence-electron chi connectivity index (χ1n) is 33.4. The molecule has 15 rings (SSSR count). The first-order chi connectivity index (χ1) is 49.0. The zero-order chi connectivity index (χ0) is 66.9. The van der Waals surface area contributed by atoms with Crippen molar-refractivity contribution in [2.75, 3.05) is 0 Å². The SMILES string of the molecule is [Cu].[Cu].c1ccc(Cn2cc(CCc3ccnc(P(c4ccccc4)c4ccccc4)c3)nn2)cc1.c1ccc(Cn2cc(CCc3ccnc(P(c4ccccc4)c4ccccc4)c3)nn2)cc1.c1ccc(Cn2cc(CCc3ccnc(P(c4ccccc4)c4ccccc4)c3)nn2)cc1. The summed E-state index contributed by atoms with van der Waals surface area (Å²) < 4.78 is 5.73. The molecule has 101 heavy (non-hydrogen) atoms. The fourth-order valence-electron chi connectivity index (χ4n) is 11.6. The Balaban J connectivity index is 0.000000151. The molecule has 2 radical (unpaired) electrons. The van der Waals surface area contributed by atoms with Gasteiger partial charge in [-0.1, -0.05) is 289 Å². The van der Waals surface area contributed by atoms with E-state index in [1.807, 2.05) is 87.2 Å². The van der Waals surface area contributed by atoms with Gasteiger partial charge in [0.15, 0.2) is 0 Å². The molecule has 508 valence electrons. The first kappa shape index (κ1) is 72.4. The van der Waals surface area contributed by atoms with Crippen LogP contribution in [0.3, 0.4) is 0 Å². The van der Waals surface area contributed by atoms with Crippen molar-refractivity contribution in [3.63, 3.8) is 0 Å². The summed E-state index contributed by atoms with van der Waals surface area (Å²) in [5.74, 6) is 0. The van der Waals surface area contributed by atoms with Crippen LogP contribution in [-0.4, -0.2) is 59.9 Å². The van der Waals surface area contributed by atoms with Gasteiger partial charge in [0.1, 0.15) is 0 Å². The topological polar surface area (TPSA) is 131 Å². The maximum atomic E-state index is 4.80. The Morgan fingerprint density at radius 2 is 0.436 bits per heavy atom. The van der Waals surface area contributed by atoms with Crippen LogP contribution in [0.15, 0.2) is 347 Å². The predicted molar refractivity (Wildman–Crippen MR) is 408 cm³/mol. The molecule has 0 N–H and O–H groups in total. The van der Waals surface area contributed by atoms with Crippen LogP contribution in [0, 0.1) is 0 Å². The summed E-state index contributed by atoms with van der Waals surface area (Å²) in [5, 5.41) is 33.9. The van der Waals surface area contributed by atoms with E-state index < -0.39 is 23.8 Å². The Morgan fingerprint density at radius 1 is 0.228 bits per heavy atom. The van der Waals surface area contributed by atoms with E-state index in [1.54, 1.807) is 0 Å². The van der Waals surface area contributed by atoms with Crippen LogP contribution < -0.4 is 48.1 Å². The first-order valence-corrected chi connectivity index (χ1v) is 37.4. The number of aromatic nitrogens is 12. The van der Waals surface area contributed by atoms with Gasteiger partial charge in [-0.15, -0.1) is 15.3 Å². The zero-order valence-electron chi connectivity index (χ0n) is 55.6. The summed E-state index contributed by atoms with van der Waals surface area (Å²) in [6, 6.07) is 108. The molecule has 0 atom stereocenters. The van der Waals surface area contributed by atoms with Gasteiger partial charge in [-0.05, 0) is 140 Å². The number of aryl methyl sites for hydroxylation is 6. The van der Waals surface area contributed by atoms with Gasteiger partial charge in [0.2, 0.25) is 0 Å². The molecule has 0 aliphatic heterocycles. The minimum atomic E-state index is -0.695. The standard InChI is InChI=1S/3C28H25N4P.2Cu/c3*1-4-10-24(11-5-1)21-32-22-25(30-31-32)17-16-23-18-19-29-28(20-23)33(26-12-6-2-7-13-26)27-14-8-3-9-15-27;;/h3*1-15,18-20,22H,16-17,21H2;;. The Labute approximate surface area is 616 Å². The van der Waals surface area contributed by atoms with Gasteiger partial charge in [-0.2, -0.15) is 0 Å². The van der Waals surface area contributed by atoms with E-state index >= 15 is 0 Å². The largest absolute Gasteiger partial charge is 0.256 e. The van der Waals surface area contributed by atoms with Crippen molar-refractivity contribution in [1.29, 1.82) is 0 Å². The maximum absolute atomic E-state index is 4.80. The number of pyridine rings is 3. The average molecular weight is 1470 g/mol. The molecule has 9 aromatic carbocycles. The van der Waals surface area contributed by atoms with Crippen molar-refractivity contribution in [2.45, 2.75) is 58.2 Å². The fourth-order valence-corrected chi connectivity index (χ4v) is 18.4. The van der Waals surface area contributed by atoms with Gasteiger partial charge in [0, 0.05) is 95.1 Å². The van der Waals surface area contributed by atoms with Crippen LogP contribution in [0.5, 0.6) is 0 Å².